The molecule has 6 aliphatic carbocycles. The Balaban J connectivity index is 0.935. The van der Waals surface area contributed by atoms with Crippen LogP contribution in [0.4, 0.5) is 4.39 Å². The number of carbonyl (C=O) groups excluding carboxylic acids is 3. The van der Waals surface area contributed by atoms with Crippen LogP contribution in [-0.4, -0.2) is 62.4 Å². The predicted molar refractivity (Wildman–Crippen MR) is 147 cm³/mol. The van der Waals surface area contributed by atoms with E-state index in [1.54, 1.807) is 30.1 Å². The minimum atomic E-state index is -0.747. The lowest BCUT2D eigenvalue weighted by molar-refractivity contribution is -0.311. The Morgan fingerprint density at radius 2 is 1.93 bits per heavy atom. The van der Waals surface area contributed by atoms with E-state index in [9.17, 15) is 23.6 Å². The smallest absolute Gasteiger partial charge is 0.408 e. The molecular weight excluding hydrogens is 557 g/mol. The number of rotatable bonds is 7. The van der Waals surface area contributed by atoms with Gasteiger partial charge < -0.3 is 20.0 Å². The number of halogens is 1. The highest BCUT2D eigenvalue weighted by Gasteiger charge is 3.03. The van der Waals surface area contributed by atoms with Gasteiger partial charge in [-0.2, -0.15) is 5.10 Å². The molecule has 0 spiro atoms. The summed E-state index contributed by atoms with van der Waals surface area (Å²) in [5.74, 6) is 0.827. The second kappa shape index (κ2) is 7.69. The van der Waals surface area contributed by atoms with Gasteiger partial charge in [-0.3, -0.25) is 19.0 Å². The van der Waals surface area contributed by atoms with Crippen molar-refractivity contribution >= 4 is 34.5 Å². The molecule has 10 rings (SSSR count). The molecule has 3 aromatic heterocycles. The lowest BCUT2D eigenvalue weighted by Crippen LogP contribution is -2.81. The number of fused-ring (bicyclic) bond motifs is 2. The number of carbonyl (C=O) groups is 3. The van der Waals surface area contributed by atoms with Crippen LogP contribution in [0.15, 0.2) is 39.7 Å². The lowest BCUT2D eigenvalue weighted by Gasteiger charge is -2.78. The van der Waals surface area contributed by atoms with Crippen molar-refractivity contribution in [2.24, 2.45) is 53.4 Å². The lowest BCUT2D eigenvalue weighted by atomic mass is 9.24. The maximum atomic E-state index is 14.6. The van der Waals surface area contributed by atoms with Gasteiger partial charge in [-0.1, -0.05) is 6.07 Å². The summed E-state index contributed by atoms with van der Waals surface area (Å²) >= 11 is 0. The third-order valence-electron chi connectivity index (χ3n) is 11.7. The first-order valence-electron chi connectivity index (χ1n) is 14.5. The van der Waals surface area contributed by atoms with Crippen LogP contribution >= 0.6 is 0 Å². The molecule has 7 unspecified atom stereocenters. The van der Waals surface area contributed by atoms with E-state index < -0.39 is 23.4 Å². The summed E-state index contributed by atoms with van der Waals surface area (Å²) in [6, 6.07) is 6.43. The van der Waals surface area contributed by atoms with E-state index in [-0.39, 0.29) is 40.3 Å². The monoisotopic (exact) mass is 585 g/mol. The first-order chi connectivity index (χ1) is 20.6. The maximum absolute atomic E-state index is 14.6. The summed E-state index contributed by atoms with van der Waals surface area (Å²) in [6.45, 7) is 0.597. The molecule has 2 N–H and O–H groups in total. The van der Waals surface area contributed by atoms with Crippen molar-refractivity contribution in [1.82, 2.24) is 34.7 Å². The summed E-state index contributed by atoms with van der Waals surface area (Å²) in [5.41, 5.74) is 1.29. The zero-order valence-corrected chi connectivity index (χ0v) is 23.6. The molecule has 0 aliphatic heterocycles. The Morgan fingerprint density at radius 1 is 1.12 bits per heavy atom. The number of hydrogen-bond donors (Lipinski definition) is 2. The van der Waals surface area contributed by atoms with Gasteiger partial charge in [0.25, 0.3) is 11.8 Å². The van der Waals surface area contributed by atoms with Crippen LogP contribution < -0.4 is 16.4 Å². The van der Waals surface area contributed by atoms with E-state index in [0.717, 1.165) is 17.1 Å². The van der Waals surface area contributed by atoms with Crippen molar-refractivity contribution in [3.05, 3.63) is 63.8 Å². The quantitative estimate of drug-likeness (QED) is 0.332. The fourth-order valence-corrected chi connectivity index (χ4v) is 10.4. The highest BCUT2D eigenvalue weighted by atomic mass is 19.1. The van der Waals surface area contributed by atoms with E-state index in [4.69, 9.17) is 4.42 Å². The van der Waals surface area contributed by atoms with Gasteiger partial charge in [0.15, 0.2) is 17.0 Å². The fourth-order valence-electron chi connectivity index (χ4n) is 10.4. The number of hydrogen-bond acceptors (Lipinski definition) is 7. The number of aromatic nitrogens is 4. The fraction of sp³-hybridized carbons (Fsp3) is 0.467. The molecule has 220 valence electrons. The van der Waals surface area contributed by atoms with Gasteiger partial charge in [-0.25, -0.2) is 18.7 Å². The number of aryl methyl sites for hydroxylation is 1. The Labute approximate surface area is 243 Å². The summed E-state index contributed by atoms with van der Waals surface area (Å²) in [4.78, 5) is 57.4. The molecule has 3 heterocycles. The number of benzene rings is 1. The van der Waals surface area contributed by atoms with Crippen molar-refractivity contribution in [1.29, 1.82) is 0 Å². The topological polar surface area (TPSA) is 144 Å². The average molecular weight is 586 g/mol. The van der Waals surface area contributed by atoms with Crippen LogP contribution in [0.5, 0.6) is 0 Å². The number of nitrogens with one attached hydrogen (secondary N) is 2. The Hall–Kier alpha value is -4.55. The van der Waals surface area contributed by atoms with Gasteiger partial charge in [-0.05, 0) is 65.0 Å². The van der Waals surface area contributed by atoms with Crippen molar-refractivity contribution in [3.63, 3.8) is 0 Å². The van der Waals surface area contributed by atoms with Crippen LogP contribution in [0.3, 0.4) is 0 Å². The molecule has 0 radical (unpaired) electrons. The third kappa shape index (κ3) is 2.64. The van der Waals surface area contributed by atoms with Gasteiger partial charge in [-0.15, -0.1) is 0 Å². The molecule has 4 aromatic rings. The molecule has 3 amide bonds. The van der Waals surface area contributed by atoms with E-state index >= 15 is 0 Å². The molecule has 0 saturated heterocycles. The van der Waals surface area contributed by atoms with Crippen molar-refractivity contribution < 1.29 is 23.2 Å². The van der Waals surface area contributed by atoms with Crippen LogP contribution in [0.25, 0.3) is 16.7 Å². The Bertz CT molecular complexity index is 2010. The van der Waals surface area contributed by atoms with Crippen LogP contribution in [0.1, 0.15) is 33.0 Å². The predicted octanol–water partition coefficient (Wildman–Crippen LogP) is 1.19. The molecule has 6 bridgehead atoms. The van der Waals surface area contributed by atoms with Crippen molar-refractivity contribution in [2.45, 2.75) is 13.0 Å². The number of amides is 3. The molecule has 43 heavy (non-hydrogen) atoms. The van der Waals surface area contributed by atoms with Gasteiger partial charge >= 0.3 is 5.76 Å². The molecule has 6 fully saturated rings. The molecule has 6 saturated carbocycles. The van der Waals surface area contributed by atoms with Crippen molar-refractivity contribution in [2.75, 3.05) is 20.6 Å². The van der Waals surface area contributed by atoms with Crippen molar-refractivity contribution in [3.8, 4) is 0 Å². The summed E-state index contributed by atoms with van der Waals surface area (Å²) in [6.07, 6.45) is 1.92. The second-order valence-corrected chi connectivity index (χ2v) is 13.2. The Morgan fingerprint density at radius 3 is 2.63 bits per heavy atom. The largest absolute Gasteiger partial charge is 0.419 e. The van der Waals surface area contributed by atoms with Crippen LogP contribution in [0.2, 0.25) is 0 Å². The molecule has 13 heteroatoms. The Kier molecular flexibility index (Phi) is 4.47. The van der Waals surface area contributed by atoms with E-state index in [0.29, 0.717) is 58.7 Å². The van der Waals surface area contributed by atoms with Crippen LogP contribution in [0, 0.1) is 52.2 Å². The number of oxazole rings is 1. The van der Waals surface area contributed by atoms with Gasteiger partial charge in [0.1, 0.15) is 11.4 Å². The van der Waals surface area contributed by atoms with E-state index in [2.05, 4.69) is 20.7 Å². The minimum Gasteiger partial charge on any atom is -0.408 e. The highest BCUT2D eigenvalue weighted by molar-refractivity contribution is 5.98. The molecular formula is C30H28FN7O5. The first kappa shape index (κ1) is 25.0. The first-order valence-corrected chi connectivity index (χ1v) is 14.5. The third-order valence-corrected chi connectivity index (χ3v) is 11.7. The van der Waals surface area contributed by atoms with Crippen LogP contribution in [-0.2, 0) is 18.4 Å². The SMILES string of the molecule is CN(C)C(=O)C12C3C4C5C1C3C5(CNC(=O)c1cc(C(=O)NCc3ccc5oc(=O)n(C)c5c3)nc3c(F)cnn13)C[C@H]42. The zero-order chi connectivity index (χ0) is 29.7. The minimum absolute atomic E-state index is 0.0161. The highest BCUT2D eigenvalue weighted by Crippen LogP contribution is 3.03. The molecule has 12 nitrogen and oxygen atoms in total. The summed E-state index contributed by atoms with van der Waals surface area (Å²) < 4.78 is 22.2. The van der Waals surface area contributed by atoms with Gasteiger partial charge in [0.05, 0.1) is 17.1 Å². The normalized spacial score (nSPS) is 33.3. The molecule has 8 atom stereocenters. The molecule has 1 aromatic carbocycles. The summed E-state index contributed by atoms with van der Waals surface area (Å²) in [5, 5.41) is 9.83. The zero-order valence-electron chi connectivity index (χ0n) is 23.6. The second-order valence-electron chi connectivity index (χ2n) is 13.2. The maximum Gasteiger partial charge on any atom is 0.419 e. The van der Waals surface area contributed by atoms with E-state index in [1.165, 1.54) is 10.6 Å². The average Bonchev–Trinajstić information content (AvgIpc) is 3.82. The van der Waals surface area contributed by atoms with Gasteiger partial charge in [0, 0.05) is 40.3 Å². The van der Waals surface area contributed by atoms with E-state index in [1.807, 2.05) is 14.1 Å². The summed E-state index contributed by atoms with van der Waals surface area (Å²) in [7, 11) is 5.27. The number of nitrogens with zero attached hydrogens (tertiary/aromatic N) is 5. The molecule has 6 aliphatic rings. The standard InChI is InChI=1S/C30H28FN7O5/c1-36(2)27(41)30-13-8-29(20-19(13)21(30)22(29)23(20)30)11-33-26(40)17-7-15(35-24-14(31)10-34-38(17)24)25(39)32-9-12-4-5-18-16(6-12)37(3)28(42)43-18/h4-7,10,13,19-23H,8-9,11H2,1-3H3,(H,32,39)(H,33,40)/t13-,19?,20?,21?,22?,23?,29?,30?/m1/s1. The van der Waals surface area contributed by atoms with Gasteiger partial charge in [0.2, 0.25) is 5.91 Å².